The summed E-state index contributed by atoms with van der Waals surface area (Å²) >= 11 is 2.52. The van der Waals surface area contributed by atoms with Crippen molar-refractivity contribution in [1.29, 1.82) is 0 Å². The lowest BCUT2D eigenvalue weighted by atomic mass is 10.0. The molecule has 5 amide bonds. The van der Waals surface area contributed by atoms with Gasteiger partial charge in [0.2, 0.25) is 11.1 Å². The number of tetrazole rings is 1. The number of nitrogens with one attached hydrogen (secondary N) is 2. The lowest BCUT2D eigenvalue weighted by Gasteiger charge is -2.49. The predicted molar refractivity (Wildman–Crippen MR) is 137 cm³/mol. The Hall–Kier alpha value is -4.32. The fraction of sp³-hybridized carbons (Fsp3) is 0.364. The van der Waals surface area contributed by atoms with E-state index in [4.69, 9.17) is 4.74 Å². The molecule has 210 valence electrons. The van der Waals surface area contributed by atoms with Crippen LogP contribution in [0.1, 0.15) is 11.6 Å². The van der Waals surface area contributed by atoms with Crippen molar-refractivity contribution in [3.63, 3.8) is 0 Å². The van der Waals surface area contributed by atoms with Gasteiger partial charge in [-0.15, -0.1) is 16.9 Å². The van der Waals surface area contributed by atoms with Gasteiger partial charge in [0.15, 0.2) is 0 Å². The first kappa shape index (κ1) is 27.3. The minimum absolute atomic E-state index is 0.00145. The van der Waals surface area contributed by atoms with E-state index in [2.05, 4.69) is 26.2 Å². The van der Waals surface area contributed by atoms with Gasteiger partial charge in [0, 0.05) is 18.6 Å². The number of urea groups is 1. The summed E-state index contributed by atoms with van der Waals surface area (Å²) in [6.07, 6.45) is -0.858. The Balaban J connectivity index is 1.31. The molecule has 18 heteroatoms. The molecule has 0 bridgehead atoms. The Morgan fingerprint density at radius 2 is 2.00 bits per heavy atom. The number of amides is 5. The van der Waals surface area contributed by atoms with E-state index >= 15 is 0 Å². The summed E-state index contributed by atoms with van der Waals surface area (Å²) in [7, 11) is 1.65. The number of fused-ring (bicyclic) bond motifs is 1. The van der Waals surface area contributed by atoms with Crippen LogP contribution in [0.2, 0.25) is 0 Å². The molecule has 5 rings (SSSR count). The number of nitrogens with zero attached hydrogens (tertiary/aromatic N) is 6. The summed E-state index contributed by atoms with van der Waals surface area (Å²) < 4.78 is 6.22. The molecule has 0 spiro atoms. The van der Waals surface area contributed by atoms with Gasteiger partial charge in [-0.2, -0.15) is 0 Å². The average Bonchev–Trinajstić information content (AvgIpc) is 3.56. The van der Waals surface area contributed by atoms with Crippen molar-refractivity contribution >= 4 is 53.4 Å². The van der Waals surface area contributed by atoms with E-state index in [0.29, 0.717) is 10.7 Å². The van der Waals surface area contributed by atoms with Crippen molar-refractivity contribution in [1.82, 2.24) is 40.6 Å². The zero-order chi connectivity index (χ0) is 28.6. The fourth-order valence-electron chi connectivity index (χ4n) is 4.27. The minimum atomic E-state index is -1.33. The number of aromatic hydroxyl groups is 1. The van der Waals surface area contributed by atoms with Gasteiger partial charge in [0.1, 0.15) is 35.5 Å². The zero-order valence-corrected chi connectivity index (χ0v) is 22.3. The molecule has 1 aromatic heterocycles. The second kappa shape index (κ2) is 11.0. The zero-order valence-electron chi connectivity index (χ0n) is 20.7. The van der Waals surface area contributed by atoms with Crippen molar-refractivity contribution < 1.29 is 38.9 Å². The molecule has 2 fully saturated rings. The summed E-state index contributed by atoms with van der Waals surface area (Å²) in [5, 5.41) is 35.6. The number of phenols is 1. The second-order valence-electron chi connectivity index (χ2n) is 8.77. The summed E-state index contributed by atoms with van der Waals surface area (Å²) in [5.74, 6) is -2.20. The number of phenolic OH excluding ortho intramolecular Hbond substituents is 1. The van der Waals surface area contributed by atoms with Gasteiger partial charge in [-0.3, -0.25) is 14.5 Å². The Morgan fingerprint density at radius 1 is 1.25 bits per heavy atom. The standard InChI is InChI=1S/C22H22N8O8S2/c1-28-21(25-26-27-28)40-9-11-8-39-18-14(17(33)30(18)15(11)19(34)35)23-16(32)13(10-2-4-12(31)5-3-10)24-20(36)29-6-7-38-22(29)37/h2-5,13-14,18,31H,6-9H2,1H3,(H,23,32)(H,24,36)(H,34,35)/t13?,14?,18-/m0/s1. The molecule has 16 nitrogen and oxygen atoms in total. The molecule has 0 aliphatic carbocycles. The number of thioether (sulfide) groups is 2. The predicted octanol–water partition coefficient (Wildman–Crippen LogP) is -0.350. The second-order valence-corrected chi connectivity index (χ2v) is 10.8. The molecule has 3 aliphatic heterocycles. The first-order valence-corrected chi connectivity index (χ1v) is 13.8. The molecule has 0 radical (unpaired) electrons. The maximum absolute atomic E-state index is 13.4. The van der Waals surface area contributed by atoms with Crippen molar-refractivity contribution in [2.45, 2.75) is 22.6 Å². The quantitative estimate of drug-likeness (QED) is 0.229. The normalized spacial score (nSPS) is 20.9. The highest BCUT2D eigenvalue weighted by Crippen LogP contribution is 2.41. The van der Waals surface area contributed by atoms with Crippen molar-refractivity contribution in [3.8, 4) is 5.75 Å². The lowest BCUT2D eigenvalue weighted by molar-refractivity contribution is -0.151. The molecule has 1 aromatic carbocycles. The fourth-order valence-corrected chi connectivity index (χ4v) is 6.61. The molecular weight excluding hydrogens is 568 g/mol. The van der Waals surface area contributed by atoms with Gasteiger partial charge in [0.25, 0.3) is 5.91 Å². The number of aliphatic carboxylic acids is 1. The van der Waals surface area contributed by atoms with E-state index in [-0.39, 0.29) is 41.7 Å². The number of aromatic nitrogens is 4. The van der Waals surface area contributed by atoms with Crippen LogP contribution >= 0.6 is 23.5 Å². The first-order chi connectivity index (χ1) is 19.2. The number of cyclic esters (lactones) is 1. The Morgan fingerprint density at radius 3 is 2.62 bits per heavy atom. The van der Waals surface area contributed by atoms with Crippen LogP contribution in [0.3, 0.4) is 0 Å². The smallest absolute Gasteiger partial charge is 0.418 e. The van der Waals surface area contributed by atoms with Crippen molar-refractivity contribution in [3.05, 3.63) is 41.1 Å². The third-order valence-corrected chi connectivity index (χ3v) is 8.70. The van der Waals surface area contributed by atoms with Crippen LogP contribution in [-0.2, 0) is 26.2 Å². The number of rotatable bonds is 8. The van der Waals surface area contributed by atoms with Gasteiger partial charge in [-0.1, -0.05) is 23.9 Å². The summed E-state index contributed by atoms with van der Waals surface area (Å²) in [4.78, 5) is 65.1. The topological polar surface area (TPSA) is 209 Å². The molecule has 4 heterocycles. The number of imide groups is 1. The van der Waals surface area contributed by atoms with E-state index in [9.17, 15) is 34.2 Å². The van der Waals surface area contributed by atoms with Gasteiger partial charge in [-0.25, -0.2) is 24.0 Å². The maximum atomic E-state index is 13.4. The van der Waals surface area contributed by atoms with Crippen molar-refractivity contribution in [2.75, 3.05) is 24.7 Å². The SMILES string of the molecule is Cn1nnnc1SCC1=C(C(=O)O)N2C(=O)C(NC(=O)C(NC(=O)N3CCOC3=O)c3ccc(O)cc3)[C@@H]2SC1. The number of carbonyl (C=O) groups is 5. The highest BCUT2D eigenvalue weighted by molar-refractivity contribution is 8.01. The molecule has 3 aliphatic rings. The molecule has 0 saturated carbocycles. The summed E-state index contributed by atoms with van der Waals surface area (Å²) in [6.45, 7) is 0.0184. The molecular formula is C22H22N8O8S2. The highest BCUT2D eigenvalue weighted by atomic mass is 32.2. The van der Waals surface area contributed by atoms with Crippen molar-refractivity contribution in [2.24, 2.45) is 7.05 Å². The number of carboxylic acid groups (broad SMARTS) is 1. The van der Waals surface area contributed by atoms with Gasteiger partial charge < -0.3 is 25.6 Å². The van der Waals surface area contributed by atoms with Crippen LogP contribution in [0.5, 0.6) is 5.75 Å². The molecule has 40 heavy (non-hydrogen) atoms. The Bertz CT molecular complexity index is 1410. The number of carboxylic acids is 1. The number of β-lactam (4-membered cyclic amide) rings is 1. The number of benzene rings is 1. The van der Waals surface area contributed by atoms with E-state index in [1.165, 1.54) is 52.5 Å². The van der Waals surface area contributed by atoms with Gasteiger partial charge in [0.05, 0.1) is 6.54 Å². The van der Waals surface area contributed by atoms with Crippen LogP contribution in [0.25, 0.3) is 0 Å². The van der Waals surface area contributed by atoms with Crippen LogP contribution in [0, 0.1) is 0 Å². The summed E-state index contributed by atoms with van der Waals surface area (Å²) in [5.41, 5.74) is 0.629. The van der Waals surface area contributed by atoms with E-state index in [1.807, 2.05) is 0 Å². The lowest BCUT2D eigenvalue weighted by Crippen LogP contribution is -2.71. The third-order valence-electron chi connectivity index (χ3n) is 6.27. The monoisotopic (exact) mass is 590 g/mol. The van der Waals surface area contributed by atoms with Crippen LogP contribution in [0.4, 0.5) is 9.59 Å². The van der Waals surface area contributed by atoms with Gasteiger partial charge >= 0.3 is 18.1 Å². The minimum Gasteiger partial charge on any atom is -0.508 e. The molecule has 3 atom stereocenters. The van der Waals surface area contributed by atoms with Crippen LogP contribution in [-0.4, -0.2) is 106 Å². The van der Waals surface area contributed by atoms with E-state index in [1.54, 1.807) is 7.05 Å². The van der Waals surface area contributed by atoms with E-state index < -0.39 is 47.4 Å². The Kier molecular flexibility index (Phi) is 7.53. The largest absolute Gasteiger partial charge is 0.508 e. The molecule has 4 N–H and O–H groups in total. The van der Waals surface area contributed by atoms with Crippen LogP contribution < -0.4 is 10.6 Å². The highest BCUT2D eigenvalue weighted by Gasteiger charge is 2.54. The maximum Gasteiger partial charge on any atom is 0.418 e. The molecule has 2 aromatic rings. The summed E-state index contributed by atoms with van der Waals surface area (Å²) in [6, 6.07) is 2.19. The number of hydrogen-bond acceptors (Lipinski definition) is 12. The average molecular weight is 591 g/mol. The number of aryl methyl sites for hydroxylation is 1. The number of carbonyl (C=O) groups excluding carboxylic acids is 4. The van der Waals surface area contributed by atoms with E-state index in [0.717, 1.165) is 9.80 Å². The first-order valence-electron chi connectivity index (χ1n) is 11.7. The third kappa shape index (κ3) is 5.14. The number of hydrogen-bond donors (Lipinski definition) is 4. The molecule has 2 saturated heterocycles. The Labute approximate surface area is 234 Å². The molecule has 2 unspecified atom stereocenters. The number of ether oxygens (including phenoxy) is 1. The van der Waals surface area contributed by atoms with Crippen LogP contribution in [0.15, 0.2) is 40.7 Å². The van der Waals surface area contributed by atoms with Gasteiger partial charge in [-0.05, 0) is 33.7 Å².